The van der Waals surface area contributed by atoms with Crippen LogP contribution < -0.4 is 0 Å². The lowest BCUT2D eigenvalue weighted by molar-refractivity contribution is 0.176. The molecule has 1 heteroatoms. The molecule has 0 unspecified atom stereocenters. The van der Waals surface area contributed by atoms with E-state index in [1.54, 1.807) is 0 Å². The number of aliphatic hydroxyl groups is 1. The monoisotopic (exact) mass is 194 g/mol. The molecule has 1 N–H and O–H groups in total. The molecule has 0 amide bonds. The molecule has 0 heterocycles. The summed E-state index contributed by atoms with van der Waals surface area (Å²) in [6, 6.07) is 0. The average Bonchev–Trinajstić information content (AvgIpc) is 2.35. The standard InChI is InChI=1S/C13H22O/c1-9(14)7-11-8-10-5-6-13(11,4)12(10,2)3/h7,9-10,14H,5-6,8H2,1-4H3/b11-7+/t9-,10+,13+/m1/s1. The maximum absolute atomic E-state index is 9.45. The Labute approximate surface area is 87.2 Å². The van der Waals surface area contributed by atoms with Gasteiger partial charge >= 0.3 is 0 Å². The summed E-state index contributed by atoms with van der Waals surface area (Å²) in [6.07, 6.45) is 5.70. The fourth-order valence-electron chi connectivity index (χ4n) is 3.56. The third-order valence-electron chi connectivity index (χ3n) is 5.05. The Bertz CT molecular complexity index is 275. The van der Waals surface area contributed by atoms with Crippen molar-refractivity contribution in [1.82, 2.24) is 0 Å². The van der Waals surface area contributed by atoms with Gasteiger partial charge in [0.1, 0.15) is 0 Å². The number of allylic oxidation sites excluding steroid dienone is 1. The topological polar surface area (TPSA) is 20.2 Å². The van der Waals surface area contributed by atoms with Crippen molar-refractivity contribution in [3.05, 3.63) is 11.6 Å². The Morgan fingerprint density at radius 3 is 2.43 bits per heavy atom. The molecule has 2 fully saturated rings. The van der Waals surface area contributed by atoms with Gasteiger partial charge < -0.3 is 5.11 Å². The smallest absolute Gasteiger partial charge is 0.0695 e. The molecule has 2 bridgehead atoms. The van der Waals surface area contributed by atoms with Gasteiger partial charge in [-0.25, -0.2) is 0 Å². The number of rotatable bonds is 1. The molecule has 3 atom stereocenters. The van der Waals surface area contributed by atoms with E-state index in [0.717, 1.165) is 5.92 Å². The van der Waals surface area contributed by atoms with Crippen molar-refractivity contribution in [2.24, 2.45) is 16.7 Å². The zero-order valence-electron chi connectivity index (χ0n) is 9.80. The van der Waals surface area contributed by atoms with E-state index in [9.17, 15) is 5.11 Å². The third kappa shape index (κ3) is 1.11. The van der Waals surface area contributed by atoms with Crippen LogP contribution in [0.3, 0.4) is 0 Å². The van der Waals surface area contributed by atoms with Crippen LogP contribution in [0.5, 0.6) is 0 Å². The molecule has 0 spiro atoms. The third-order valence-corrected chi connectivity index (χ3v) is 5.05. The van der Waals surface area contributed by atoms with Gasteiger partial charge in [0.15, 0.2) is 0 Å². The molecule has 0 radical (unpaired) electrons. The predicted molar refractivity (Wildman–Crippen MR) is 59.0 cm³/mol. The van der Waals surface area contributed by atoms with Crippen LogP contribution in [0.2, 0.25) is 0 Å². The van der Waals surface area contributed by atoms with E-state index in [-0.39, 0.29) is 6.10 Å². The quantitative estimate of drug-likeness (QED) is 0.636. The number of hydrogen-bond donors (Lipinski definition) is 1. The van der Waals surface area contributed by atoms with Crippen LogP contribution in [0, 0.1) is 16.7 Å². The Morgan fingerprint density at radius 1 is 1.43 bits per heavy atom. The molecule has 2 saturated carbocycles. The van der Waals surface area contributed by atoms with Gasteiger partial charge in [-0.05, 0) is 42.9 Å². The lowest BCUT2D eigenvalue weighted by Crippen LogP contribution is -2.28. The summed E-state index contributed by atoms with van der Waals surface area (Å²) < 4.78 is 0. The maximum Gasteiger partial charge on any atom is 0.0695 e. The predicted octanol–water partition coefficient (Wildman–Crippen LogP) is 3.14. The highest BCUT2D eigenvalue weighted by molar-refractivity contribution is 5.29. The Kier molecular flexibility index (Phi) is 2.08. The molecular formula is C13H22O. The summed E-state index contributed by atoms with van der Waals surface area (Å²) >= 11 is 0. The normalized spacial score (nSPS) is 44.6. The summed E-state index contributed by atoms with van der Waals surface area (Å²) in [5.74, 6) is 0.845. The first kappa shape index (κ1) is 10.2. The van der Waals surface area contributed by atoms with Gasteiger partial charge in [0, 0.05) is 0 Å². The van der Waals surface area contributed by atoms with Crippen molar-refractivity contribution < 1.29 is 5.11 Å². The van der Waals surface area contributed by atoms with Crippen molar-refractivity contribution in [3.8, 4) is 0 Å². The second-order valence-electron chi connectivity index (χ2n) is 5.93. The molecule has 0 aromatic carbocycles. The summed E-state index contributed by atoms with van der Waals surface area (Å²) in [4.78, 5) is 0. The van der Waals surface area contributed by atoms with Crippen molar-refractivity contribution in [1.29, 1.82) is 0 Å². The first-order valence-electron chi connectivity index (χ1n) is 5.77. The highest BCUT2D eigenvalue weighted by Gasteiger charge is 2.58. The molecule has 14 heavy (non-hydrogen) atoms. The van der Waals surface area contributed by atoms with E-state index in [4.69, 9.17) is 0 Å². The minimum absolute atomic E-state index is 0.281. The molecule has 2 aliphatic rings. The minimum atomic E-state index is -0.281. The molecule has 80 valence electrons. The summed E-state index contributed by atoms with van der Waals surface area (Å²) in [5.41, 5.74) is 2.30. The van der Waals surface area contributed by atoms with Gasteiger partial charge in [-0.1, -0.05) is 32.4 Å². The lowest BCUT2D eigenvalue weighted by Gasteiger charge is -2.35. The molecule has 2 aliphatic carbocycles. The Hall–Kier alpha value is -0.300. The highest BCUT2D eigenvalue weighted by atomic mass is 16.3. The maximum atomic E-state index is 9.45. The minimum Gasteiger partial charge on any atom is -0.389 e. The van der Waals surface area contributed by atoms with Crippen molar-refractivity contribution in [2.45, 2.75) is 53.1 Å². The number of hydrogen-bond acceptors (Lipinski definition) is 1. The highest BCUT2D eigenvalue weighted by Crippen LogP contribution is 2.67. The van der Waals surface area contributed by atoms with Crippen molar-refractivity contribution in [3.63, 3.8) is 0 Å². The first-order chi connectivity index (χ1) is 6.38. The zero-order valence-corrected chi connectivity index (χ0v) is 9.80. The zero-order chi connectivity index (χ0) is 10.6. The lowest BCUT2D eigenvalue weighted by atomic mass is 9.69. The van der Waals surface area contributed by atoms with Gasteiger partial charge in [0.05, 0.1) is 6.10 Å². The van der Waals surface area contributed by atoms with Crippen LogP contribution in [0.1, 0.15) is 47.0 Å². The van der Waals surface area contributed by atoms with E-state index in [2.05, 4.69) is 26.8 Å². The molecule has 0 aromatic rings. The molecule has 1 nitrogen and oxygen atoms in total. The van der Waals surface area contributed by atoms with E-state index in [0.29, 0.717) is 10.8 Å². The summed E-state index contributed by atoms with van der Waals surface area (Å²) in [7, 11) is 0. The molecule has 0 aliphatic heterocycles. The Balaban J connectivity index is 2.36. The molecule has 0 aromatic heterocycles. The largest absolute Gasteiger partial charge is 0.389 e. The number of aliphatic hydroxyl groups excluding tert-OH is 1. The van der Waals surface area contributed by atoms with Crippen LogP contribution in [-0.4, -0.2) is 11.2 Å². The molecule has 0 saturated heterocycles. The van der Waals surface area contributed by atoms with Gasteiger partial charge in [0.25, 0.3) is 0 Å². The van der Waals surface area contributed by atoms with Crippen molar-refractivity contribution in [2.75, 3.05) is 0 Å². The van der Waals surface area contributed by atoms with Crippen LogP contribution >= 0.6 is 0 Å². The van der Waals surface area contributed by atoms with Gasteiger partial charge in [-0.15, -0.1) is 0 Å². The fraction of sp³-hybridized carbons (Fsp3) is 0.846. The van der Waals surface area contributed by atoms with Gasteiger partial charge in [-0.3, -0.25) is 0 Å². The SMILES string of the molecule is C[C@@H](O)/C=C1\C[C@@H]2CC[C@]1(C)C2(C)C. The van der Waals surface area contributed by atoms with Crippen LogP contribution in [-0.2, 0) is 0 Å². The van der Waals surface area contributed by atoms with E-state index in [1.165, 1.54) is 24.8 Å². The van der Waals surface area contributed by atoms with E-state index < -0.39 is 0 Å². The molecular weight excluding hydrogens is 172 g/mol. The van der Waals surface area contributed by atoms with Gasteiger partial charge in [0.2, 0.25) is 0 Å². The van der Waals surface area contributed by atoms with E-state index in [1.807, 2.05) is 6.92 Å². The summed E-state index contributed by atoms with van der Waals surface area (Å²) in [6.45, 7) is 9.03. The summed E-state index contributed by atoms with van der Waals surface area (Å²) in [5, 5.41) is 9.45. The fourth-order valence-corrected chi connectivity index (χ4v) is 3.56. The molecule has 2 rings (SSSR count). The number of fused-ring (bicyclic) bond motifs is 2. The second-order valence-corrected chi connectivity index (χ2v) is 5.93. The van der Waals surface area contributed by atoms with Crippen LogP contribution in [0.4, 0.5) is 0 Å². The van der Waals surface area contributed by atoms with Crippen molar-refractivity contribution >= 4 is 0 Å². The van der Waals surface area contributed by atoms with E-state index >= 15 is 0 Å². The second kappa shape index (κ2) is 2.85. The Morgan fingerprint density at radius 2 is 2.07 bits per heavy atom. The average molecular weight is 194 g/mol. The van der Waals surface area contributed by atoms with Crippen LogP contribution in [0.15, 0.2) is 11.6 Å². The first-order valence-corrected chi connectivity index (χ1v) is 5.77. The van der Waals surface area contributed by atoms with Crippen LogP contribution in [0.25, 0.3) is 0 Å². The van der Waals surface area contributed by atoms with Gasteiger partial charge in [-0.2, -0.15) is 0 Å².